The lowest BCUT2D eigenvalue weighted by molar-refractivity contribution is 0.0966. The molecule has 0 aliphatic heterocycles. The number of carbonyl (C=O) groups is 1. The fraction of sp³-hybridized carbons (Fsp3) is 0.130. The molecule has 0 spiro atoms. The van der Waals surface area contributed by atoms with Crippen LogP contribution in [0.1, 0.15) is 32.6 Å². The van der Waals surface area contributed by atoms with E-state index >= 15 is 0 Å². The second kappa shape index (κ2) is 8.49. The van der Waals surface area contributed by atoms with Crippen LogP contribution in [0.3, 0.4) is 0 Å². The van der Waals surface area contributed by atoms with E-state index in [1.54, 1.807) is 30.3 Å². The zero-order valence-electron chi connectivity index (χ0n) is 17.1. The van der Waals surface area contributed by atoms with E-state index in [9.17, 15) is 13.2 Å². The van der Waals surface area contributed by atoms with Gasteiger partial charge in [0.05, 0.1) is 17.3 Å². The van der Waals surface area contributed by atoms with Crippen LogP contribution < -0.4 is 15.2 Å². The van der Waals surface area contributed by atoms with Crippen LogP contribution in [0.25, 0.3) is 0 Å². The van der Waals surface area contributed by atoms with Crippen molar-refractivity contribution in [3.63, 3.8) is 0 Å². The molecule has 2 aromatic rings. The van der Waals surface area contributed by atoms with Gasteiger partial charge >= 0.3 is 0 Å². The molecule has 1 aliphatic rings. The van der Waals surface area contributed by atoms with Crippen LogP contribution in [-0.4, -0.2) is 14.3 Å². The lowest BCUT2D eigenvalue weighted by Crippen LogP contribution is -2.23. The quantitative estimate of drug-likeness (QED) is 0.700. The topological polar surface area (TPSA) is 122 Å². The van der Waals surface area contributed by atoms with Crippen LogP contribution in [-0.2, 0) is 10.0 Å². The van der Waals surface area contributed by atoms with Crippen molar-refractivity contribution in [1.29, 1.82) is 5.26 Å². The van der Waals surface area contributed by atoms with Crippen molar-refractivity contribution in [2.45, 2.75) is 20.8 Å². The molecule has 0 aromatic heterocycles. The molecule has 2 aromatic carbocycles. The van der Waals surface area contributed by atoms with Gasteiger partial charge in [-0.3, -0.25) is 4.79 Å². The monoisotopic (exact) mass is 433 g/mol. The number of nitriles is 1. The Kier molecular flexibility index (Phi) is 5.98. The Bertz CT molecular complexity index is 1380. The van der Waals surface area contributed by atoms with Crippen LogP contribution in [0, 0.1) is 32.1 Å². The number of aryl methyl sites for hydroxylation is 1. The Morgan fingerprint density at radius 3 is 2.35 bits per heavy atom. The van der Waals surface area contributed by atoms with Gasteiger partial charge in [-0.15, -0.1) is 0 Å². The molecule has 1 aliphatic carbocycles. The summed E-state index contributed by atoms with van der Waals surface area (Å²) in [6.45, 7) is 5.51. The molecule has 31 heavy (non-hydrogen) atoms. The average Bonchev–Trinajstić information content (AvgIpc) is 2.72. The Labute approximate surface area is 180 Å². The van der Waals surface area contributed by atoms with Gasteiger partial charge in [-0.05, 0) is 91.4 Å². The number of hydrogen-bond acceptors (Lipinski definition) is 5. The molecule has 0 bridgehead atoms. The molecule has 1 amide bonds. The van der Waals surface area contributed by atoms with Gasteiger partial charge in [-0.1, -0.05) is 0 Å². The maximum atomic E-state index is 12.7. The van der Waals surface area contributed by atoms with E-state index < -0.39 is 10.0 Å². The fourth-order valence-corrected chi connectivity index (χ4v) is 3.36. The zero-order chi connectivity index (χ0) is 22.8. The van der Waals surface area contributed by atoms with Crippen molar-refractivity contribution in [2.24, 2.45) is 5.14 Å². The molecule has 3 rings (SSSR count). The van der Waals surface area contributed by atoms with Crippen LogP contribution in [0.15, 0.2) is 64.5 Å². The predicted molar refractivity (Wildman–Crippen MR) is 116 cm³/mol. The highest BCUT2D eigenvalue weighted by atomic mass is 32.2. The summed E-state index contributed by atoms with van der Waals surface area (Å²) < 4.78 is 28.6. The van der Waals surface area contributed by atoms with E-state index in [2.05, 4.69) is 22.8 Å². The number of ether oxygens (including phenoxy) is 1. The highest BCUT2D eigenvalue weighted by molar-refractivity contribution is 7.93. The fourth-order valence-electron chi connectivity index (χ4n) is 2.90. The van der Waals surface area contributed by atoms with Crippen molar-refractivity contribution >= 4 is 15.9 Å². The summed E-state index contributed by atoms with van der Waals surface area (Å²) in [5.74, 6) is 0.841. The van der Waals surface area contributed by atoms with Crippen molar-refractivity contribution < 1.29 is 17.9 Å². The molecule has 8 heteroatoms. The Morgan fingerprint density at radius 1 is 1.06 bits per heavy atom. The number of nitrogens with zero attached hydrogens (tertiary/aromatic N) is 1. The molecule has 156 valence electrons. The molecule has 0 fully saturated rings. The van der Waals surface area contributed by atoms with Crippen LogP contribution >= 0.6 is 0 Å². The first-order chi connectivity index (χ1) is 14.6. The summed E-state index contributed by atoms with van der Waals surface area (Å²) in [7, 11) is -3.88. The van der Waals surface area contributed by atoms with E-state index in [1.807, 2.05) is 20.8 Å². The first kappa shape index (κ1) is 21.8. The lowest BCUT2D eigenvalue weighted by Gasteiger charge is -2.15. The van der Waals surface area contributed by atoms with E-state index in [1.165, 1.54) is 12.2 Å². The first-order valence-electron chi connectivity index (χ1n) is 9.17. The molecular formula is C23H19N3O4S. The molecule has 3 N–H and O–H groups in total. The molecule has 0 saturated heterocycles. The number of nitrogens with two attached hydrogens (primary N) is 1. The number of carbonyl (C=O) groups excluding carboxylic acids is 1. The minimum absolute atomic E-state index is 0.211. The minimum Gasteiger partial charge on any atom is -0.457 e. The summed E-state index contributed by atoms with van der Waals surface area (Å²) in [6, 6.07) is 10.6. The predicted octanol–water partition coefficient (Wildman–Crippen LogP) is 3.39. The smallest absolute Gasteiger partial charge is 0.256 e. The summed E-state index contributed by atoms with van der Waals surface area (Å²) >= 11 is 0. The number of primary sulfonamides is 1. The maximum Gasteiger partial charge on any atom is 0.256 e. The molecule has 0 heterocycles. The third kappa shape index (κ3) is 4.84. The number of allylic oxidation sites excluding steroid dienone is 2. The van der Waals surface area contributed by atoms with E-state index in [0.29, 0.717) is 22.6 Å². The average molecular weight is 433 g/mol. The standard InChI is InChI=1S/C23H19N3O4S/c1-14-12-17(13-24)4-10-21(14)30-22-11-9-20(15(2)16(22)3)23(27)26-18-5-7-19(8-6-18)31(25,28)29/h4-5,7,9-12H,1-3H3,(H,26,27)(H2,25,28,29). The van der Waals surface area contributed by atoms with Crippen molar-refractivity contribution in [1.82, 2.24) is 5.32 Å². The first-order valence-corrected chi connectivity index (χ1v) is 10.7. The molecular weight excluding hydrogens is 414 g/mol. The second-order valence-corrected chi connectivity index (χ2v) is 8.45. The number of rotatable bonds is 5. The van der Waals surface area contributed by atoms with Crippen molar-refractivity contribution in [3.8, 4) is 17.6 Å². The van der Waals surface area contributed by atoms with Crippen LogP contribution in [0.4, 0.5) is 0 Å². The summed E-state index contributed by atoms with van der Waals surface area (Å²) in [5, 5.41) is 16.7. The van der Waals surface area contributed by atoms with Gasteiger partial charge < -0.3 is 10.1 Å². The summed E-state index contributed by atoms with van der Waals surface area (Å²) in [5.41, 5.74) is 8.59. The number of benzene rings is 2. The van der Waals surface area contributed by atoms with Gasteiger partial charge in [0.1, 0.15) is 16.4 Å². The Balaban J connectivity index is 1.85. The number of nitrogens with one attached hydrogen (secondary N) is 1. The molecule has 0 radical (unpaired) electrons. The van der Waals surface area contributed by atoms with Gasteiger partial charge in [-0.25, -0.2) is 13.6 Å². The van der Waals surface area contributed by atoms with Gasteiger partial charge in [0, 0.05) is 5.56 Å². The van der Waals surface area contributed by atoms with Gasteiger partial charge in [0.25, 0.3) is 5.91 Å². The SMILES string of the molecule is Cc1cc(C#N)ccc1Oc1ccc(C(=O)NC2=C=C=C(S(N)(=O)=O)C=C2)c(C)c1C. The van der Waals surface area contributed by atoms with Crippen molar-refractivity contribution in [3.05, 3.63) is 92.4 Å². The van der Waals surface area contributed by atoms with Gasteiger partial charge in [0.15, 0.2) is 0 Å². The largest absolute Gasteiger partial charge is 0.457 e. The molecule has 0 unspecified atom stereocenters. The highest BCUT2D eigenvalue weighted by Gasteiger charge is 2.16. The molecule has 0 atom stereocenters. The van der Waals surface area contributed by atoms with E-state index in [4.69, 9.17) is 15.1 Å². The second-order valence-electron chi connectivity index (χ2n) is 6.92. The number of hydrogen-bond donors (Lipinski definition) is 2. The van der Waals surface area contributed by atoms with E-state index in [-0.39, 0.29) is 16.5 Å². The van der Waals surface area contributed by atoms with E-state index in [0.717, 1.165) is 16.7 Å². The Morgan fingerprint density at radius 2 is 1.77 bits per heavy atom. The zero-order valence-corrected chi connectivity index (χ0v) is 17.9. The number of amides is 1. The van der Waals surface area contributed by atoms with Crippen LogP contribution in [0.5, 0.6) is 11.5 Å². The summed E-state index contributed by atoms with van der Waals surface area (Å²) in [6.07, 6.45) is 2.64. The molecule has 7 nitrogen and oxygen atoms in total. The highest BCUT2D eigenvalue weighted by Crippen LogP contribution is 2.31. The van der Waals surface area contributed by atoms with Crippen molar-refractivity contribution in [2.75, 3.05) is 0 Å². The summed E-state index contributed by atoms with van der Waals surface area (Å²) in [4.78, 5) is 12.5. The number of sulfonamides is 1. The third-order valence-electron chi connectivity index (χ3n) is 4.78. The third-order valence-corrected chi connectivity index (χ3v) is 5.63. The normalized spacial score (nSPS) is 12.6. The Hall–Kier alpha value is -3.85. The van der Waals surface area contributed by atoms with Gasteiger partial charge in [-0.2, -0.15) is 5.26 Å². The minimum atomic E-state index is -3.88. The maximum absolute atomic E-state index is 12.7. The molecule has 0 saturated carbocycles. The van der Waals surface area contributed by atoms with Crippen LogP contribution in [0.2, 0.25) is 0 Å². The lowest BCUT2D eigenvalue weighted by atomic mass is 10.0. The van der Waals surface area contributed by atoms with Gasteiger partial charge in [0.2, 0.25) is 10.0 Å².